The Morgan fingerprint density at radius 1 is 1.18 bits per heavy atom. The summed E-state index contributed by atoms with van der Waals surface area (Å²) in [4.78, 5) is 5.31. The summed E-state index contributed by atoms with van der Waals surface area (Å²) in [6, 6.07) is 7.54. The third-order valence-electron chi connectivity index (χ3n) is 5.43. The maximum absolute atomic E-state index is 5.59. The van der Waals surface area contributed by atoms with E-state index in [0.29, 0.717) is 0 Å². The van der Waals surface area contributed by atoms with Crippen molar-refractivity contribution in [2.45, 2.75) is 25.3 Å². The van der Waals surface area contributed by atoms with Crippen LogP contribution in [0.3, 0.4) is 0 Å². The van der Waals surface area contributed by atoms with Crippen LogP contribution >= 0.6 is 0 Å². The van der Waals surface area contributed by atoms with E-state index in [1.54, 1.807) is 0 Å². The number of benzene rings is 1. The predicted octanol–water partition coefficient (Wildman–Crippen LogP) is 1.14. The van der Waals surface area contributed by atoms with Gasteiger partial charge in [-0.3, -0.25) is 4.90 Å². The average molecular weight is 301 g/mol. The predicted molar refractivity (Wildman–Crippen MR) is 88.6 cm³/mol. The van der Waals surface area contributed by atoms with Gasteiger partial charge < -0.3 is 15.0 Å². The molecular formula is C18H27N3O. The second kappa shape index (κ2) is 6.57. The van der Waals surface area contributed by atoms with Crippen molar-refractivity contribution in [3.05, 3.63) is 29.3 Å². The number of piperazine rings is 1. The molecular weight excluding hydrogens is 274 g/mol. The Labute approximate surface area is 133 Å². The number of hydrogen-bond donors (Lipinski definition) is 1. The summed E-state index contributed by atoms with van der Waals surface area (Å²) in [5.41, 5.74) is 2.86. The van der Waals surface area contributed by atoms with Gasteiger partial charge >= 0.3 is 0 Å². The molecule has 3 heterocycles. The van der Waals surface area contributed by atoms with Gasteiger partial charge in [0, 0.05) is 51.7 Å². The molecule has 0 aliphatic carbocycles. The van der Waals surface area contributed by atoms with Crippen molar-refractivity contribution in [2.24, 2.45) is 0 Å². The Bertz CT molecular complexity index is 505. The summed E-state index contributed by atoms with van der Waals surface area (Å²) in [5, 5.41) is 3.48. The number of fused-ring (bicyclic) bond motifs is 1. The van der Waals surface area contributed by atoms with Crippen LogP contribution in [0.25, 0.3) is 0 Å². The van der Waals surface area contributed by atoms with Gasteiger partial charge in [-0.05, 0) is 36.6 Å². The second-order valence-corrected chi connectivity index (χ2v) is 6.81. The monoisotopic (exact) mass is 301 g/mol. The third-order valence-corrected chi connectivity index (χ3v) is 5.43. The standard InChI is InChI=1S/C18H27N3O/c1-2-18-16(5-12-22-18)13-15(1)4-7-20-8-10-21(11-9-20)17-3-6-19-14-17/h1-2,13,17,19H,3-12,14H2. The van der Waals surface area contributed by atoms with E-state index in [1.807, 2.05) is 0 Å². The Hall–Kier alpha value is -1.10. The van der Waals surface area contributed by atoms with Crippen LogP contribution in [0, 0.1) is 0 Å². The molecule has 0 aromatic heterocycles. The zero-order valence-electron chi connectivity index (χ0n) is 13.4. The van der Waals surface area contributed by atoms with Crippen molar-refractivity contribution in [1.29, 1.82) is 0 Å². The zero-order chi connectivity index (χ0) is 14.8. The minimum atomic E-state index is 0.791. The number of hydrogen-bond acceptors (Lipinski definition) is 4. The molecule has 2 saturated heterocycles. The van der Waals surface area contributed by atoms with E-state index in [1.165, 1.54) is 63.4 Å². The summed E-state index contributed by atoms with van der Waals surface area (Å²) >= 11 is 0. The Morgan fingerprint density at radius 2 is 2.09 bits per heavy atom. The topological polar surface area (TPSA) is 27.7 Å². The SMILES string of the molecule is c1cc2c(cc1CCN1CCN(C3CCNC3)CC1)CCO2. The molecule has 1 aromatic rings. The fourth-order valence-corrected chi connectivity index (χ4v) is 3.99. The van der Waals surface area contributed by atoms with Gasteiger partial charge in [0.25, 0.3) is 0 Å². The van der Waals surface area contributed by atoms with Crippen LogP contribution in [0.2, 0.25) is 0 Å². The van der Waals surface area contributed by atoms with Gasteiger partial charge in [0.2, 0.25) is 0 Å². The summed E-state index contributed by atoms with van der Waals surface area (Å²) in [6.07, 6.45) is 3.58. The van der Waals surface area contributed by atoms with Crippen LogP contribution in [0.4, 0.5) is 0 Å². The highest BCUT2D eigenvalue weighted by atomic mass is 16.5. The van der Waals surface area contributed by atoms with E-state index < -0.39 is 0 Å². The molecule has 0 amide bonds. The molecule has 4 rings (SSSR count). The molecule has 120 valence electrons. The normalized spacial score (nSPS) is 26.1. The average Bonchev–Trinajstić information content (AvgIpc) is 3.24. The van der Waals surface area contributed by atoms with Crippen molar-refractivity contribution in [3.63, 3.8) is 0 Å². The fraction of sp³-hybridized carbons (Fsp3) is 0.667. The smallest absolute Gasteiger partial charge is 0.122 e. The van der Waals surface area contributed by atoms with E-state index in [9.17, 15) is 0 Å². The van der Waals surface area contributed by atoms with E-state index in [4.69, 9.17) is 4.74 Å². The summed E-state index contributed by atoms with van der Waals surface area (Å²) < 4.78 is 5.59. The highest BCUT2D eigenvalue weighted by Gasteiger charge is 2.25. The number of rotatable bonds is 4. The highest BCUT2D eigenvalue weighted by molar-refractivity contribution is 5.39. The maximum atomic E-state index is 5.59. The van der Waals surface area contributed by atoms with Crippen molar-refractivity contribution >= 4 is 0 Å². The van der Waals surface area contributed by atoms with Crippen LogP contribution in [0.5, 0.6) is 5.75 Å². The molecule has 4 nitrogen and oxygen atoms in total. The Morgan fingerprint density at radius 3 is 2.91 bits per heavy atom. The van der Waals surface area contributed by atoms with Gasteiger partial charge in [0.15, 0.2) is 0 Å². The van der Waals surface area contributed by atoms with E-state index in [-0.39, 0.29) is 0 Å². The number of ether oxygens (including phenoxy) is 1. The molecule has 1 N–H and O–H groups in total. The number of nitrogens with one attached hydrogen (secondary N) is 1. The molecule has 3 aliphatic rings. The molecule has 4 heteroatoms. The van der Waals surface area contributed by atoms with Crippen LogP contribution < -0.4 is 10.1 Å². The lowest BCUT2D eigenvalue weighted by Gasteiger charge is -2.37. The first kappa shape index (κ1) is 14.5. The van der Waals surface area contributed by atoms with Gasteiger partial charge in [-0.15, -0.1) is 0 Å². The van der Waals surface area contributed by atoms with Crippen LogP contribution in [0.15, 0.2) is 18.2 Å². The molecule has 0 saturated carbocycles. The van der Waals surface area contributed by atoms with Crippen LogP contribution in [0.1, 0.15) is 17.5 Å². The second-order valence-electron chi connectivity index (χ2n) is 6.81. The minimum absolute atomic E-state index is 0.791. The zero-order valence-corrected chi connectivity index (χ0v) is 13.4. The first-order chi connectivity index (χ1) is 10.9. The summed E-state index contributed by atoms with van der Waals surface area (Å²) in [5.74, 6) is 1.10. The lowest BCUT2D eigenvalue weighted by atomic mass is 10.1. The fourth-order valence-electron chi connectivity index (χ4n) is 3.99. The molecule has 1 aromatic carbocycles. The van der Waals surface area contributed by atoms with E-state index in [2.05, 4.69) is 33.3 Å². The van der Waals surface area contributed by atoms with Crippen LogP contribution in [-0.2, 0) is 12.8 Å². The lowest BCUT2D eigenvalue weighted by Crippen LogP contribution is -2.51. The highest BCUT2D eigenvalue weighted by Crippen LogP contribution is 2.26. The van der Waals surface area contributed by atoms with Crippen molar-refractivity contribution in [2.75, 3.05) is 52.4 Å². The molecule has 0 radical (unpaired) electrons. The van der Waals surface area contributed by atoms with Gasteiger partial charge in [0.1, 0.15) is 5.75 Å². The van der Waals surface area contributed by atoms with E-state index >= 15 is 0 Å². The molecule has 1 unspecified atom stereocenters. The molecule has 0 bridgehead atoms. The van der Waals surface area contributed by atoms with Gasteiger partial charge in [-0.2, -0.15) is 0 Å². The van der Waals surface area contributed by atoms with Crippen molar-refractivity contribution in [3.8, 4) is 5.75 Å². The van der Waals surface area contributed by atoms with Gasteiger partial charge in [-0.1, -0.05) is 12.1 Å². The first-order valence-electron chi connectivity index (χ1n) is 8.80. The largest absolute Gasteiger partial charge is 0.493 e. The molecule has 0 spiro atoms. The quantitative estimate of drug-likeness (QED) is 0.903. The maximum Gasteiger partial charge on any atom is 0.122 e. The Balaban J connectivity index is 1.25. The molecule has 2 fully saturated rings. The molecule has 22 heavy (non-hydrogen) atoms. The molecule has 3 aliphatic heterocycles. The minimum Gasteiger partial charge on any atom is -0.493 e. The van der Waals surface area contributed by atoms with Gasteiger partial charge in [-0.25, -0.2) is 0 Å². The van der Waals surface area contributed by atoms with Crippen molar-refractivity contribution < 1.29 is 4.74 Å². The first-order valence-corrected chi connectivity index (χ1v) is 8.80. The summed E-state index contributed by atoms with van der Waals surface area (Å²) in [7, 11) is 0. The third kappa shape index (κ3) is 3.14. The lowest BCUT2D eigenvalue weighted by molar-refractivity contribution is 0.103. The van der Waals surface area contributed by atoms with Gasteiger partial charge in [0.05, 0.1) is 6.61 Å². The Kier molecular flexibility index (Phi) is 4.33. The molecule has 1 atom stereocenters. The summed E-state index contributed by atoms with van der Waals surface area (Å²) in [6.45, 7) is 9.38. The van der Waals surface area contributed by atoms with Crippen LogP contribution in [-0.4, -0.2) is 68.3 Å². The van der Waals surface area contributed by atoms with E-state index in [0.717, 1.165) is 31.2 Å². The number of nitrogens with zero attached hydrogens (tertiary/aromatic N) is 2. The van der Waals surface area contributed by atoms with Crippen molar-refractivity contribution in [1.82, 2.24) is 15.1 Å².